The summed E-state index contributed by atoms with van der Waals surface area (Å²) in [6.07, 6.45) is -2.04. The van der Waals surface area contributed by atoms with E-state index in [1.165, 1.54) is 26.0 Å². The molecule has 0 amide bonds. The summed E-state index contributed by atoms with van der Waals surface area (Å²) in [6.45, 7) is 5.99. The molecule has 1 saturated heterocycles. The summed E-state index contributed by atoms with van der Waals surface area (Å²) < 4.78 is 80.2. The van der Waals surface area contributed by atoms with E-state index in [-0.39, 0.29) is 18.4 Å². The van der Waals surface area contributed by atoms with Crippen LogP contribution < -0.4 is 4.18 Å². The van der Waals surface area contributed by atoms with Crippen LogP contribution in [0.2, 0.25) is 0 Å². The number of carbonyl (C=O) groups is 2. The topological polar surface area (TPSA) is 105 Å². The van der Waals surface area contributed by atoms with Gasteiger partial charge in [0.15, 0.2) is 0 Å². The third-order valence-electron chi connectivity index (χ3n) is 4.96. The molecular weight excluding hydrogens is 445 g/mol. The molecule has 0 radical (unpaired) electrons. The van der Waals surface area contributed by atoms with Gasteiger partial charge in [0.2, 0.25) is 0 Å². The van der Waals surface area contributed by atoms with Gasteiger partial charge in [0.1, 0.15) is 24.6 Å². The quantitative estimate of drug-likeness (QED) is 0.356. The lowest BCUT2D eigenvalue weighted by molar-refractivity contribution is -0.207. The van der Waals surface area contributed by atoms with Crippen molar-refractivity contribution in [3.05, 3.63) is 29.8 Å². The number of benzene rings is 1. The molecule has 1 unspecified atom stereocenters. The standard InChI is InChI=1S/C19H23F3O8S/c1-10-11(2)18(28-13(4)24)16(9-27-12(3)23)29-17(10)14-5-7-15(8-6-14)30-31(25,26)19(20,21)22/h5-8,10-11,16-18H,9H2,1-4H3/t10-,11+,16+,17?,18-/m0/s1. The van der Waals surface area contributed by atoms with Crippen molar-refractivity contribution in [2.45, 2.75) is 51.5 Å². The molecule has 0 spiro atoms. The Kier molecular flexibility index (Phi) is 7.58. The number of alkyl halides is 3. The van der Waals surface area contributed by atoms with Gasteiger partial charge in [-0.3, -0.25) is 9.59 Å². The van der Waals surface area contributed by atoms with E-state index >= 15 is 0 Å². The first kappa shape index (κ1) is 24.9. The number of hydrogen-bond acceptors (Lipinski definition) is 8. The smallest absolute Gasteiger partial charge is 0.463 e. The summed E-state index contributed by atoms with van der Waals surface area (Å²) in [6, 6.07) is 4.92. The molecular formula is C19H23F3O8S. The van der Waals surface area contributed by atoms with E-state index in [0.717, 1.165) is 12.1 Å². The van der Waals surface area contributed by atoms with Crippen LogP contribution in [0.3, 0.4) is 0 Å². The molecule has 1 heterocycles. The van der Waals surface area contributed by atoms with Gasteiger partial charge in [-0.05, 0) is 23.6 Å². The molecule has 8 nitrogen and oxygen atoms in total. The maximum absolute atomic E-state index is 12.5. The van der Waals surface area contributed by atoms with Crippen molar-refractivity contribution in [2.75, 3.05) is 6.61 Å². The van der Waals surface area contributed by atoms with Gasteiger partial charge in [-0.25, -0.2) is 0 Å². The second kappa shape index (κ2) is 9.43. The van der Waals surface area contributed by atoms with Crippen LogP contribution in [0.1, 0.15) is 39.4 Å². The minimum atomic E-state index is -5.78. The zero-order valence-electron chi connectivity index (χ0n) is 17.2. The first-order valence-corrected chi connectivity index (χ1v) is 10.7. The van der Waals surface area contributed by atoms with Crippen molar-refractivity contribution < 1.29 is 49.6 Å². The van der Waals surface area contributed by atoms with Crippen LogP contribution in [0, 0.1) is 11.8 Å². The molecule has 1 fully saturated rings. The molecule has 31 heavy (non-hydrogen) atoms. The van der Waals surface area contributed by atoms with Crippen molar-refractivity contribution in [1.29, 1.82) is 0 Å². The van der Waals surface area contributed by atoms with Crippen LogP contribution in [0.5, 0.6) is 5.75 Å². The Morgan fingerprint density at radius 1 is 1.03 bits per heavy atom. The molecule has 0 aromatic heterocycles. The highest BCUT2D eigenvalue weighted by Gasteiger charge is 2.48. The molecule has 0 N–H and O–H groups in total. The molecule has 1 aromatic carbocycles. The van der Waals surface area contributed by atoms with Gasteiger partial charge in [-0.1, -0.05) is 26.0 Å². The van der Waals surface area contributed by atoms with Crippen LogP contribution >= 0.6 is 0 Å². The van der Waals surface area contributed by atoms with Crippen molar-refractivity contribution >= 4 is 22.1 Å². The monoisotopic (exact) mass is 468 g/mol. The number of carbonyl (C=O) groups excluding carboxylic acids is 2. The van der Waals surface area contributed by atoms with E-state index in [9.17, 15) is 31.2 Å². The number of ether oxygens (including phenoxy) is 3. The summed E-state index contributed by atoms with van der Waals surface area (Å²) in [4.78, 5) is 22.7. The number of hydrogen-bond donors (Lipinski definition) is 0. The number of halogens is 3. The minimum Gasteiger partial charge on any atom is -0.463 e. The van der Waals surface area contributed by atoms with E-state index in [4.69, 9.17) is 14.2 Å². The summed E-state index contributed by atoms with van der Waals surface area (Å²) in [7, 11) is -5.78. The molecule has 1 aliphatic rings. The van der Waals surface area contributed by atoms with Crippen LogP contribution in [0.4, 0.5) is 13.2 Å². The highest BCUT2D eigenvalue weighted by Crippen LogP contribution is 2.41. The molecule has 0 saturated carbocycles. The summed E-state index contributed by atoms with van der Waals surface area (Å²) >= 11 is 0. The van der Waals surface area contributed by atoms with Crippen molar-refractivity contribution in [1.82, 2.24) is 0 Å². The predicted octanol–water partition coefficient (Wildman–Crippen LogP) is 3.12. The van der Waals surface area contributed by atoms with E-state index < -0.39 is 51.6 Å². The number of esters is 2. The predicted molar refractivity (Wildman–Crippen MR) is 100 cm³/mol. The Labute approximate surface area is 177 Å². The number of rotatable bonds is 6. The maximum atomic E-state index is 12.5. The normalized spacial score (nSPS) is 26.7. The summed E-state index contributed by atoms with van der Waals surface area (Å²) in [5.41, 5.74) is -5.01. The maximum Gasteiger partial charge on any atom is 0.534 e. The minimum absolute atomic E-state index is 0.161. The Hall–Kier alpha value is -2.34. The van der Waals surface area contributed by atoms with E-state index in [1.807, 2.05) is 13.8 Å². The molecule has 1 aromatic rings. The molecule has 1 aliphatic heterocycles. The van der Waals surface area contributed by atoms with Crippen LogP contribution in [0.15, 0.2) is 24.3 Å². The second-order valence-electron chi connectivity index (χ2n) is 7.24. The average Bonchev–Trinajstić information content (AvgIpc) is 2.64. The Balaban J connectivity index is 2.24. The first-order valence-electron chi connectivity index (χ1n) is 9.29. The van der Waals surface area contributed by atoms with Crippen molar-refractivity contribution in [2.24, 2.45) is 11.8 Å². The highest BCUT2D eigenvalue weighted by molar-refractivity contribution is 7.88. The largest absolute Gasteiger partial charge is 0.534 e. The van der Waals surface area contributed by atoms with Gasteiger partial charge in [0.25, 0.3) is 0 Å². The zero-order valence-corrected chi connectivity index (χ0v) is 18.0. The molecule has 0 aliphatic carbocycles. The lowest BCUT2D eigenvalue weighted by Crippen LogP contribution is -2.50. The lowest BCUT2D eigenvalue weighted by atomic mass is 9.79. The van der Waals surface area contributed by atoms with Crippen LogP contribution in [-0.2, 0) is 33.9 Å². The molecule has 0 bridgehead atoms. The highest BCUT2D eigenvalue weighted by atomic mass is 32.2. The Bertz CT molecular complexity index is 898. The zero-order chi connectivity index (χ0) is 23.6. The van der Waals surface area contributed by atoms with Gasteiger partial charge in [0.05, 0.1) is 6.10 Å². The van der Waals surface area contributed by atoms with E-state index in [0.29, 0.717) is 5.56 Å². The molecule has 2 rings (SSSR count). The van der Waals surface area contributed by atoms with E-state index in [1.54, 1.807) is 0 Å². The van der Waals surface area contributed by atoms with E-state index in [2.05, 4.69) is 4.18 Å². The molecule has 174 valence electrons. The van der Waals surface area contributed by atoms with Crippen molar-refractivity contribution in [3.63, 3.8) is 0 Å². The Morgan fingerprint density at radius 2 is 1.61 bits per heavy atom. The molecule has 5 atom stereocenters. The fraction of sp³-hybridized carbons (Fsp3) is 0.579. The van der Waals surface area contributed by atoms with Crippen LogP contribution in [-0.4, -0.2) is 44.7 Å². The second-order valence-corrected chi connectivity index (χ2v) is 8.78. The Morgan fingerprint density at radius 3 is 2.10 bits per heavy atom. The van der Waals surface area contributed by atoms with Gasteiger partial charge in [-0.2, -0.15) is 21.6 Å². The third-order valence-corrected chi connectivity index (χ3v) is 5.94. The summed E-state index contributed by atoms with van der Waals surface area (Å²) in [5, 5.41) is 0. The fourth-order valence-corrected chi connectivity index (χ4v) is 3.74. The summed E-state index contributed by atoms with van der Waals surface area (Å²) in [5.74, 6) is -1.99. The molecule has 12 heteroatoms. The van der Waals surface area contributed by atoms with Gasteiger partial charge in [0, 0.05) is 19.8 Å². The average molecular weight is 468 g/mol. The van der Waals surface area contributed by atoms with Gasteiger partial charge in [-0.15, -0.1) is 0 Å². The fourth-order valence-electron chi connectivity index (χ4n) is 3.28. The first-order chi connectivity index (χ1) is 14.2. The van der Waals surface area contributed by atoms with Gasteiger partial charge >= 0.3 is 27.6 Å². The SMILES string of the molecule is CC(=O)OC[C@H]1OC(c2ccc(OS(=O)(=O)C(F)(F)F)cc2)[C@@H](C)[C@@H](C)[C@@H]1OC(C)=O. The van der Waals surface area contributed by atoms with Crippen molar-refractivity contribution in [3.8, 4) is 5.75 Å². The third kappa shape index (κ3) is 6.10. The lowest BCUT2D eigenvalue weighted by Gasteiger charge is -2.44. The van der Waals surface area contributed by atoms with Gasteiger partial charge < -0.3 is 18.4 Å². The van der Waals surface area contributed by atoms with Crippen LogP contribution in [0.25, 0.3) is 0 Å².